The number of carbonyl (C=O) groups is 1. The van der Waals surface area contributed by atoms with Gasteiger partial charge in [-0.1, -0.05) is 0 Å². The molecule has 0 N–H and O–H groups in total. The zero-order chi connectivity index (χ0) is 12.3. The third kappa shape index (κ3) is 2.87. The summed E-state index contributed by atoms with van der Waals surface area (Å²) in [5.74, 6) is 0.404. The van der Waals surface area contributed by atoms with E-state index in [1.165, 1.54) is 0 Å². The molecular formula is C11H21IN2O2. The SMILES string of the molecule is CN(C)C(=O)C1CCC(COI)(N(C)C)C1. The van der Waals surface area contributed by atoms with Crippen LogP contribution in [0.3, 0.4) is 0 Å². The molecule has 1 aliphatic carbocycles. The van der Waals surface area contributed by atoms with Crippen LogP contribution in [0.4, 0.5) is 0 Å². The Labute approximate surface area is 112 Å². The highest BCUT2D eigenvalue weighted by atomic mass is 127. The van der Waals surface area contributed by atoms with Crippen LogP contribution in [-0.4, -0.2) is 56.0 Å². The van der Waals surface area contributed by atoms with E-state index >= 15 is 0 Å². The van der Waals surface area contributed by atoms with Crippen molar-refractivity contribution in [2.24, 2.45) is 5.92 Å². The lowest BCUT2D eigenvalue weighted by Crippen LogP contribution is -2.46. The Morgan fingerprint density at radius 3 is 2.50 bits per heavy atom. The van der Waals surface area contributed by atoms with Gasteiger partial charge < -0.3 is 12.9 Å². The Morgan fingerprint density at radius 1 is 1.44 bits per heavy atom. The number of halogens is 1. The minimum atomic E-state index is 0.0392. The Morgan fingerprint density at radius 2 is 2.06 bits per heavy atom. The number of nitrogens with zero attached hydrogens (tertiary/aromatic N) is 2. The second kappa shape index (κ2) is 5.64. The number of hydrogen-bond donors (Lipinski definition) is 0. The molecule has 94 valence electrons. The molecule has 1 amide bonds. The first kappa shape index (κ1) is 14.2. The number of hydrogen-bond acceptors (Lipinski definition) is 3. The van der Waals surface area contributed by atoms with Gasteiger partial charge in [0.1, 0.15) is 23.0 Å². The summed E-state index contributed by atoms with van der Waals surface area (Å²) in [6, 6.07) is 0. The molecular weight excluding hydrogens is 319 g/mol. The lowest BCUT2D eigenvalue weighted by molar-refractivity contribution is -0.133. The Bertz CT molecular complexity index is 258. The third-order valence-corrected chi connectivity index (χ3v) is 3.96. The molecule has 1 saturated carbocycles. The quantitative estimate of drug-likeness (QED) is 0.728. The second-order valence-electron chi connectivity index (χ2n) is 5.04. The zero-order valence-electron chi connectivity index (χ0n) is 10.5. The van der Waals surface area contributed by atoms with Crippen LogP contribution < -0.4 is 0 Å². The normalized spacial score (nSPS) is 29.8. The van der Waals surface area contributed by atoms with Crippen molar-refractivity contribution in [2.45, 2.75) is 24.8 Å². The maximum absolute atomic E-state index is 11.9. The average Bonchev–Trinajstić information content (AvgIpc) is 2.62. The van der Waals surface area contributed by atoms with Crippen molar-refractivity contribution in [1.82, 2.24) is 9.80 Å². The van der Waals surface area contributed by atoms with Gasteiger partial charge in [-0.15, -0.1) is 0 Å². The summed E-state index contributed by atoms with van der Waals surface area (Å²) in [6.07, 6.45) is 2.91. The largest absolute Gasteiger partial charge is 0.349 e. The highest BCUT2D eigenvalue weighted by Crippen LogP contribution is 2.39. The van der Waals surface area contributed by atoms with E-state index in [1.54, 1.807) is 4.90 Å². The van der Waals surface area contributed by atoms with E-state index < -0.39 is 0 Å². The van der Waals surface area contributed by atoms with Crippen molar-refractivity contribution in [3.63, 3.8) is 0 Å². The number of amides is 1. The van der Waals surface area contributed by atoms with Gasteiger partial charge in [-0.2, -0.15) is 0 Å². The minimum absolute atomic E-state index is 0.0392. The fourth-order valence-electron chi connectivity index (χ4n) is 2.45. The molecule has 0 spiro atoms. The molecule has 0 radical (unpaired) electrons. The summed E-state index contributed by atoms with van der Waals surface area (Å²) < 4.78 is 5.28. The zero-order valence-corrected chi connectivity index (χ0v) is 12.7. The van der Waals surface area contributed by atoms with Gasteiger partial charge in [-0.05, 0) is 33.4 Å². The van der Waals surface area contributed by atoms with Crippen LogP contribution in [0.1, 0.15) is 19.3 Å². The van der Waals surface area contributed by atoms with Crippen LogP contribution in [0, 0.1) is 5.92 Å². The molecule has 16 heavy (non-hydrogen) atoms. The molecule has 1 fully saturated rings. The van der Waals surface area contributed by atoms with Gasteiger partial charge in [-0.3, -0.25) is 4.79 Å². The summed E-state index contributed by atoms with van der Waals surface area (Å²) in [5, 5.41) is 0. The summed E-state index contributed by atoms with van der Waals surface area (Å²) in [5.41, 5.74) is 0.0392. The molecule has 1 aliphatic rings. The highest BCUT2D eigenvalue weighted by Gasteiger charge is 2.44. The van der Waals surface area contributed by atoms with Gasteiger partial charge >= 0.3 is 0 Å². The molecule has 0 saturated heterocycles. The van der Waals surface area contributed by atoms with Crippen LogP contribution >= 0.6 is 23.0 Å². The maximum atomic E-state index is 11.9. The summed E-state index contributed by atoms with van der Waals surface area (Å²) in [7, 11) is 7.79. The lowest BCUT2D eigenvalue weighted by atomic mass is 9.95. The van der Waals surface area contributed by atoms with Crippen LogP contribution in [0.25, 0.3) is 0 Å². The van der Waals surface area contributed by atoms with Gasteiger partial charge in [0.05, 0.1) is 6.61 Å². The fourth-order valence-corrected chi connectivity index (χ4v) is 3.03. The predicted molar refractivity (Wildman–Crippen MR) is 72.4 cm³/mol. The standard InChI is InChI=1S/C11H21IN2O2/c1-13(2)10(15)9-5-6-11(7-9,8-16-12)14(3)4/h9H,5-8H2,1-4H3. The van der Waals surface area contributed by atoms with Crippen LogP contribution in [-0.2, 0) is 7.86 Å². The van der Waals surface area contributed by atoms with Crippen molar-refractivity contribution >= 4 is 28.9 Å². The first-order chi connectivity index (χ1) is 7.43. The highest BCUT2D eigenvalue weighted by molar-refractivity contribution is 14.1. The molecule has 4 nitrogen and oxygen atoms in total. The number of likely N-dealkylation sites (N-methyl/N-ethyl adjacent to an activating group) is 1. The van der Waals surface area contributed by atoms with E-state index in [4.69, 9.17) is 3.07 Å². The molecule has 0 aliphatic heterocycles. The van der Waals surface area contributed by atoms with Crippen LogP contribution in [0.5, 0.6) is 0 Å². The first-order valence-corrected chi connectivity index (χ1v) is 6.43. The summed E-state index contributed by atoms with van der Waals surface area (Å²) >= 11 is 1.94. The van der Waals surface area contributed by atoms with Gasteiger partial charge in [0.15, 0.2) is 0 Å². The molecule has 0 aromatic rings. The number of rotatable bonds is 4. The maximum Gasteiger partial charge on any atom is 0.225 e. The number of carbonyl (C=O) groups excluding carboxylic acids is 1. The van der Waals surface area contributed by atoms with E-state index in [1.807, 2.05) is 37.1 Å². The Kier molecular flexibility index (Phi) is 5.00. The fraction of sp³-hybridized carbons (Fsp3) is 0.909. The molecule has 0 bridgehead atoms. The second-order valence-corrected chi connectivity index (χ2v) is 5.67. The molecule has 2 atom stereocenters. The minimum Gasteiger partial charge on any atom is -0.349 e. The first-order valence-electron chi connectivity index (χ1n) is 5.55. The average molecular weight is 340 g/mol. The summed E-state index contributed by atoms with van der Waals surface area (Å²) in [4.78, 5) is 15.8. The molecule has 0 aromatic heterocycles. The van der Waals surface area contributed by atoms with Crippen molar-refractivity contribution in [3.8, 4) is 0 Å². The molecule has 0 aromatic carbocycles. The molecule has 2 unspecified atom stereocenters. The van der Waals surface area contributed by atoms with Crippen molar-refractivity contribution < 1.29 is 7.86 Å². The molecule has 1 rings (SSSR count). The Balaban J connectivity index is 2.70. The van der Waals surface area contributed by atoms with Gasteiger partial charge in [0.2, 0.25) is 5.91 Å². The topological polar surface area (TPSA) is 32.8 Å². The lowest BCUT2D eigenvalue weighted by Gasteiger charge is -2.35. The van der Waals surface area contributed by atoms with Crippen molar-refractivity contribution in [2.75, 3.05) is 34.8 Å². The summed E-state index contributed by atoms with van der Waals surface area (Å²) in [6.45, 7) is 0.692. The predicted octanol–water partition coefficient (Wildman–Crippen LogP) is 1.54. The van der Waals surface area contributed by atoms with E-state index in [9.17, 15) is 4.79 Å². The van der Waals surface area contributed by atoms with Crippen LogP contribution in [0.15, 0.2) is 0 Å². The molecule has 0 heterocycles. The van der Waals surface area contributed by atoms with E-state index in [0.717, 1.165) is 19.3 Å². The van der Waals surface area contributed by atoms with Gasteiger partial charge in [0, 0.05) is 25.6 Å². The monoisotopic (exact) mass is 340 g/mol. The Hall–Kier alpha value is 0.120. The van der Waals surface area contributed by atoms with E-state index in [2.05, 4.69) is 19.0 Å². The third-order valence-electron chi connectivity index (χ3n) is 3.65. The smallest absolute Gasteiger partial charge is 0.225 e. The van der Waals surface area contributed by atoms with Crippen LogP contribution in [0.2, 0.25) is 0 Å². The van der Waals surface area contributed by atoms with Crippen molar-refractivity contribution in [1.29, 1.82) is 0 Å². The van der Waals surface area contributed by atoms with Gasteiger partial charge in [0.25, 0.3) is 0 Å². The van der Waals surface area contributed by atoms with Crippen molar-refractivity contribution in [3.05, 3.63) is 0 Å². The van der Waals surface area contributed by atoms with E-state index in [-0.39, 0.29) is 17.4 Å². The van der Waals surface area contributed by atoms with E-state index in [0.29, 0.717) is 6.61 Å². The van der Waals surface area contributed by atoms with Gasteiger partial charge in [-0.25, -0.2) is 0 Å². The molecule has 5 heteroatoms.